The molecule has 144 valence electrons. The molecule has 0 spiro atoms. The minimum Gasteiger partial charge on any atom is -0.494 e. The number of hydrogen-bond donors (Lipinski definition) is 1. The van der Waals surface area contributed by atoms with E-state index < -0.39 is 0 Å². The zero-order chi connectivity index (χ0) is 19.2. The molecule has 0 aliphatic carbocycles. The number of carbonyl (C=O) groups is 2. The van der Waals surface area contributed by atoms with Gasteiger partial charge in [-0.1, -0.05) is 18.4 Å². The Balaban J connectivity index is 1.62. The molecule has 0 bridgehead atoms. The van der Waals surface area contributed by atoms with Crippen LogP contribution in [0.5, 0.6) is 5.75 Å². The van der Waals surface area contributed by atoms with E-state index in [0.29, 0.717) is 31.9 Å². The molecule has 2 aromatic rings. The first-order chi connectivity index (χ1) is 13.1. The zero-order valence-corrected chi connectivity index (χ0v) is 15.6. The van der Waals surface area contributed by atoms with E-state index in [4.69, 9.17) is 9.15 Å². The van der Waals surface area contributed by atoms with Crippen molar-refractivity contribution in [1.29, 1.82) is 0 Å². The molecule has 8 heteroatoms. The Kier molecular flexibility index (Phi) is 6.05. The van der Waals surface area contributed by atoms with Crippen LogP contribution in [0.2, 0.25) is 0 Å². The number of benzene rings is 1. The molecule has 1 saturated heterocycles. The summed E-state index contributed by atoms with van der Waals surface area (Å²) in [6.07, 6.45) is 2.45. The number of rotatable bonds is 8. The van der Waals surface area contributed by atoms with Crippen LogP contribution in [0.1, 0.15) is 51.3 Å². The lowest BCUT2D eigenvalue weighted by Gasteiger charge is -2.16. The molecule has 8 nitrogen and oxygen atoms in total. The number of carbonyl (C=O) groups excluding carboxylic acids is 2. The largest absolute Gasteiger partial charge is 0.494 e. The Morgan fingerprint density at radius 2 is 2.07 bits per heavy atom. The molecule has 1 aromatic heterocycles. The van der Waals surface area contributed by atoms with Crippen LogP contribution in [0.4, 0.5) is 11.7 Å². The average molecular weight is 372 g/mol. The SMILES string of the molecule is CCCCC(=O)Nc1nnc([C@@H]2CC(=O)N(c3ccc(OCC)cc3)C2)o1. The third-order valence-electron chi connectivity index (χ3n) is 4.38. The molecule has 1 atom stereocenters. The van der Waals surface area contributed by atoms with Crippen molar-refractivity contribution in [2.75, 3.05) is 23.4 Å². The summed E-state index contributed by atoms with van der Waals surface area (Å²) < 4.78 is 11.0. The summed E-state index contributed by atoms with van der Waals surface area (Å²) in [5, 5.41) is 10.5. The van der Waals surface area contributed by atoms with E-state index in [1.807, 2.05) is 38.1 Å². The van der Waals surface area contributed by atoms with Gasteiger partial charge in [-0.2, -0.15) is 0 Å². The second-order valence-corrected chi connectivity index (χ2v) is 6.43. The first kappa shape index (κ1) is 18.9. The Labute approximate surface area is 157 Å². The second-order valence-electron chi connectivity index (χ2n) is 6.43. The normalized spacial score (nSPS) is 16.6. The van der Waals surface area contributed by atoms with Crippen LogP contribution in [0, 0.1) is 0 Å². The van der Waals surface area contributed by atoms with Crippen LogP contribution in [0.15, 0.2) is 28.7 Å². The molecule has 2 heterocycles. The van der Waals surface area contributed by atoms with Crippen molar-refractivity contribution < 1.29 is 18.7 Å². The zero-order valence-electron chi connectivity index (χ0n) is 15.6. The molecule has 0 saturated carbocycles. The van der Waals surface area contributed by atoms with Crippen LogP contribution in [0.25, 0.3) is 0 Å². The Hall–Kier alpha value is -2.90. The van der Waals surface area contributed by atoms with Gasteiger partial charge in [0, 0.05) is 25.1 Å². The van der Waals surface area contributed by atoms with Crippen LogP contribution in [0.3, 0.4) is 0 Å². The fourth-order valence-electron chi connectivity index (χ4n) is 2.98. The molecular formula is C19H24N4O4. The molecule has 1 aliphatic rings. The van der Waals surface area contributed by atoms with Gasteiger partial charge in [-0.3, -0.25) is 14.9 Å². The monoisotopic (exact) mass is 372 g/mol. The van der Waals surface area contributed by atoms with Crippen molar-refractivity contribution in [3.05, 3.63) is 30.2 Å². The van der Waals surface area contributed by atoms with E-state index >= 15 is 0 Å². The van der Waals surface area contributed by atoms with Gasteiger partial charge in [0.2, 0.25) is 17.7 Å². The highest BCUT2D eigenvalue weighted by molar-refractivity contribution is 5.96. The number of unbranched alkanes of at least 4 members (excludes halogenated alkanes) is 1. The lowest BCUT2D eigenvalue weighted by molar-refractivity contribution is -0.117. The molecule has 1 aliphatic heterocycles. The van der Waals surface area contributed by atoms with Crippen molar-refractivity contribution in [2.24, 2.45) is 0 Å². The van der Waals surface area contributed by atoms with Gasteiger partial charge in [0.15, 0.2) is 0 Å². The lowest BCUT2D eigenvalue weighted by Crippen LogP contribution is -2.24. The Morgan fingerprint density at radius 3 is 2.78 bits per heavy atom. The van der Waals surface area contributed by atoms with Gasteiger partial charge in [0.05, 0.1) is 12.5 Å². The molecule has 3 rings (SSSR count). The summed E-state index contributed by atoms with van der Waals surface area (Å²) in [6.45, 7) is 5.00. The Morgan fingerprint density at radius 1 is 1.30 bits per heavy atom. The van der Waals surface area contributed by atoms with Crippen molar-refractivity contribution in [3.63, 3.8) is 0 Å². The molecule has 1 N–H and O–H groups in total. The van der Waals surface area contributed by atoms with E-state index in [1.54, 1.807) is 4.90 Å². The van der Waals surface area contributed by atoms with Crippen molar-refractivity contribution in [1.82, 2.24) is 10.2 Å². The summed E-state index contributed by atoms with van der Waals surface area (Å²) >= 11 is 0. The number of nitrogens with zero attached hydrogens (tertiary/aromatic N) is 3. The van der Waals surface area contributed by atoms with E-state index in [-0.39, 0.29) is 23.7 Å². The standard InChI is InChI=1S/C19H24N4O4/c1-3-5-6-16(24)20-19-22-21-18(27-19)13-11-17(25)23(12-13)14-7-9-15(10-8-14)26-4-2/h7-10,13H,3-6,11-12H2,1-2H3,(H,20,22,24)/t13-/m1/s1. The van der Waals surface area contributed by atoms with Gasteiger partial charge >= 0.3 is 6.01 Å². The number of anilines is 2. The average Bonchev–Trinajstić information content (AvgIpc) is 3.27. The molecule has 1 aromatic carbocycles. The molecule has 0 unspecified atom stereocenters. The molecule has 1 fully saturated rings. The van der Waals surface area contributed by atoms with Gasteiger partial charge < -0.3 is 14.1 Å². The van der Waals surface area contributed by atoms with Crippen molar-refractivity contribution >= 4 is 23.5 Å². The predicted octanol–water partition coefficient (Wildman–Crippen LogP) is 3.12. The second kappa shape index (κ2) is 8.66. The van der Waals surface area contributed by atoms with E-state index in [2.05, 4.69) is 15.5 Å². The van der Waals surface area contributed by atoms with Gasteiger partial charge in [0.25, 0.3) is 0 Å². The predicted molar refractivity (Wildman–Crippen MR) is 99.8 cm³/mol. The van der Waals surface area contributed by atoms with E-state index in [0.717, 1.165) is 24.3 Å². The van der Waals surface area contributed by atoms with Crippen LogP contribution >= 0.6 is 0 Å². The maximum absolute atomic E-state index is 12.4. The molecular weight excluding hydrogens is 348 g/mol. The lowest BCUT2D eigenvalue weighted by atomic mass is 10.1. The van der Waals surface area contributed by atoms with Crippen molar-refractivity contribution in [3.8, 4) is 5.75 Å². The minimum absolute atomic E-state index is 0.00380. The molecule has 0 radical (unpaired) electrons. The number of hydrogen-bond acceptors (Lipinski definition) is 6. The van der Waals surface area contributed by atoms with Gasteiger partial charge in [-0.05, 0) is 37.6 Å². The summed E-state index contributed by atoms with van der Waals surface area (Å²) in [4.78, 5) is 25.9. The first-order valence-electron chi connectivity index (χ1n) is 9.27. The van der Waals surface area contributed by atoms with Crippen molar-refractivity contribution in [2.45, 2.75) is 45.4 Å². The summed E-state index contributed by atoms with van der Waals surface area (Å²) in [7, 11) is 0. The van der Waals surface area contributed by atoms with Gasteiger partial charge in [-0.25, -0.2) is 0 Å². The Bertz CT molecular complexity index is 787. The topological polar surface area (TPSA) is 97.6 Å². The fourth-order valence-corrected chi connectivity index (χ4v) is 2.98. The maximum atomic E-state index is 12.4. The van der Waals surface area contributed by atoms with Gasteiger partial charge in [0.1, 0.15) is 5.75 Å². The number of ether oxygens (including phenoxy) is 1. The third-order valence-corrected chi connectivity index (χ3v) is 4.38. The summed E-state index contributed by atoms with van der Waals surface area (Å²) in [5.41, 5.74) is 0.804. The number of amides is 2. The highest BCUT2D eigenvalue weighted by Gasteiger charge is 2.35. The quantitative estimate of drug-likeness (QED) is 0.764. The third kappa shape index (κ3) is 4.64. The first-order valence-corrected chi connectivity index (χ1v) is 9.27. The maximum Gasteiger partial charge on any atom is 0.322 e. The minimum atomic E-state index is -0.196. The molecule has 2 amide bonds. The van der Waals surface area contributed by atoms with Gasteiger partial charge in [-0.15, -0.1) is 5.10 Å². The smallest absolute Gasteiger partial charge is 0.322 e. The summed E-state index contributed by atoms with van der Waals surface area (Å²) in [5.74, 6) is 0.784. The fraction of sp³-hybridized carbons (Fsp3) is 0.474. The molecule has 27 heavy (non-hydrogen) atoms. The van der Waals surface area contributed by atoms with E-state index in [1.165, 1.54) is 0 Å². The number of nitrogens with one attached hydrogen (secondary N) is 1. The van der Waals surface area contributed by atoms with Crippen LogP contribution in [-0.2, 0) is 9.59 Å². The number of aromatic nitrogens is 2. The highest BCUT2D eigenvalue weighted by atomic mass is 16.5. The van der Waals surface area contributed by atoms with Crippen LogP contribution < -0.4 is 15.0 Å². The van der Waals surface area contributed by atoms with Crippen LogP contribution in [-0.4, -0.2) is 35.2 Å². The summed E-state index contributed by atoms with van der Waals surface area (Å²) in [6, 6.07) is 7.49. The highest BCUT2D eigenvalue weighted by Crippen LogP contribution is 2.32. The van der Waals surface area contributed by atoms with E-state index in [9.17, 15) is 9.59 Å².